The van der Waals surface area contributed by atoms with Crippen molar-refractivity contribution in [1.82, 2.24) is 0 Å². The van der Waals surface area contributed by atoms with Crippen molar-refractivity contribution in [2.24, 2.45) is 5.73 Å². The first-order valence-electron chi connectivity index (χ1n) is 3.91. The number of hydrogen-bond donors (Lipinski definition) is 3. The maximum atomic E-state index is 9.33. The molecule has 1 atom stereocenters. The molecule has 4 heteroatoms. The molecule has 0 aliphatic heterocycles. The van der Waals surface area contributed by atoms with Gasteiger partial charge in [0.25, 0.3) is 0 Å². The molecule has 0 amide bonds. The van der Waals surface area contributed by atoms with Crippen molar-refractivity contribution in [2.45, 2.75) is 13.0 Å². The van der Waals surface area contributed by atoms with Crippen LogP contribution in [0, 0.1) is 6.92 Å². The van der Waals surface area contributed by atoms with Gasteiger partial charge in [0.2, 0.25) is 0 Å². The smallest absolute Gasteiger partial charge is 0.130 e. The quantitative estimate of drug-likeness (QED) is 0.739. The molecule has 0 aliphatic rings. The molecule has 1 unspecified atom stereocenters. The largest absolute Gasteiger partial charge is 0.507 e. The second-order valence-electron chi connectivity index (χ2n) is 2.95. The highest BCUT2D eigenvalue weighted by Crippen LogP contribution is 2.29. The lowest BCUT2D eigenvalue weighted by atomic mass is 10.0. The third-order valence-electron chi connectivity index (χ3n) is 1.93. The molecule has 1 aromatic rings. The summed E-state index contributed by atoms with van der Waals surface area (Å²) >= 11 is 3.19. The number of benzene rings is 1. The second kappa shape index (κ2) is 4.09. The fraction of sp³-hybridized carbons (Fsp3) is 0.333. The molecule has 0 radical (unpaired) electrons. The van der Waals surface area contributed by atoms with E-state index in [0.717, 1.165) is 11.1 Å². The van der Waals surface area contributed by atoms with Gasteiger partial charge in [-0.25, -0.2) is 0 Å². The highest BCUT2D eigenvalue weighted by molar-refractivity contribution is 9.10. The van der Waals surface area contributed by atoms with Gasteiger partial charge < -0.3 is 15.9 Å². The number of halogens is 1. The molecule has 1 rings (SSSR count). The molecule has 0 saturated carbocycles. The third-order valence-corrected chi connectivity index (χ3v) is 2.57. The van der Waals surface area contributed by atoms with Crippen LogP contribution in [0.4, 0.5) is 0 Å². The van der Waals surface area contributed by atoms with Crippen LogP contribution in [0.3, 0.4) is 0 Å². The Morgan fingerprint density at radius 1 is 1.54 bits per heavy atom. The van der Waals surface area contributed by atoms with Crippen LogP contribution < -0.4 is 5.73 Å². The maximum absolute atomic E-state index is 9.33. The average Bonchev–Trinajstić information content (AvgIpc) is 2.10. The molecule has 3 nitrogen and oxygen atoms in total. The minimum absolute atomic E-state index is 0.0992. The van der Waals surface area contributed by atoms with Crippen LogP contribution >= 0.6 is 15.9 Å². The lowest BCUT2D eigenvalue weighted by molar-refractivity contribution is 0.267. The normalized spacial score (nSPS) is 12.9. The summed E-state index contributed by atoms with van der Waals surface area (Å²) in [6.07, 6.45) is 0. The topological polar surface area (TPSA) is 66.5 Å². The average molecular weight is 246 g/mol. The van der Waals surface area contributed by atoms with Gasteiger partial charge in [0.15, 0.2) is 0 Å². The summed E-state index contributed by atoms with van der Waals surface area (Å²) in [5, 5.41) is 18.2. The van der Waals surface area contributed by atoms with Crippen molar-refractivity contribution in [3.05, 3.63) is 27.7 Å². The fourth-order valence-electron chi connectivity index (χ4n) is 1.18. The number of phenolic OH excluding ortho intramolecular Hbond substituents is 1. The first-order chi connectivity index (χ1) is 6.06. The lowest BCUT2D eigenvalue weighted by Gasteiger charge is -2.13. The van der Waals surface area contributed by atoms with E-state index in [1.165, 1.54) is 0 Å². The SMILES string of the molecule is Cc1cc(O)c(Br)cc1C(N)CO. The molecule has 0 aromatic heterocycles. The van der Waals surface area contributed by atoms with Crippen molar-refractivity contribution in [1.29, 1.82) is 0 Å². The molecule has 72 valence electrons. The van der Waals surface area contributed by atoms with Crippen LogP contribution in [-0.4, -0.2) is 16.8 Å². The van der Waals surface area contributed by atoms with Crippen LogP contribution in [0.5, 0.6) is 5.75 Å². The molecular formula is C9H12BrNO2. The third kappa shape index (κ3) is 2.21. The van der Waals surface area contributed by atoms with Gasteiger partial charge in [-0.15, -0.1) is 0 Å². The Bertz CT molecular complexity index is 315. The van der Waals surface area contributed by atoms with E-state index in [-0.39, 0.29) is 12.4 Å². The number of aromatic hydroxyl groups is 1. The Hall–Kier alpha value is -0.580. The number of aliphatic hydroxyl groups excluding tert-OH is 1. The molecule has 0 saturated heterocycles. The zero-order chi connectivity index (χ0) is 10.0. The van der Waals surface area contributed by atoms with Crippen molar-refractivity contribution in [3.63, 3.8) is 0 Å². The van der Waals surface area contributed by atoms with E-state index < -0.39 is 6.04 Å². The first-order valence-corrected chi connectivity index (χ1v) is 4.71. The van der Waals surface area contributed by atoms with Crippen LogP contribution in [0.2, 0.25) is 0 Å². The fourth-order valence-corrected chi connectivity index (χ4v) is 1.54. The van der Waals surface area contributed by atoms with Crippen molar-refractivity contribution in [3.8, 4) is 5.75 Å². The minimum Gasteiger partial charge on any atom is -0.507 e. The molecule has 13 heavy (non-hydrogen) atoms. The van der Waals surface area contributed by atoms with Gasteiger partial charge in [-0.05, 0) is 46.1 Å². The summed E-state index contributed by atoms with van der Waals surface area (Å²) in [7, 11) is 0. The summed E-state index contributed by atoms with van der Waals surface area (Å²) in [6, 6.07) is 2.96. The van der Waals surface area contributed by atoms with Gasteiger partial charge in [0.1, 0.15) is 5.75 Å². The van der Waals surface area contributed by atoms with Crippen LogP contribution in [0.1, 0.15) is 17.2 Å². The Labute approximate surface area is 85.3 Å². The first kappa shape index (κ1) is 10.5. The van der Waals surface area contributed by atoms with Crippen LogP contribution in [0.15, 0.2) is 16.6 Å². The Morgan fingerprint density at radius 2 is 2.15 bits per heavy atom. The maximum Gasteiger partial charge on any atom is 0.130 e. The number of rotatable bonds is 2. The molecule has 0 aliphatic carbocycles. The number of phenols is 1. The van der Waals surface area contributed by atoms with E-state index in [4.69, 9.17) is 10.8 Å². The number of hydrogen-bond acceptors (Lipinski definition) is 3. The lowest BCUT2D eigenvalue weighted by Crippen LogP contribution is -2.15. The van der Waals surface area contributed by atoms with Gasteiger partial charge in [-0.1, -0.05) is 0 Å². The Kier molecular flexibility index (Phi) is 3.30. The summed E-state index contributed by atoms with van der Waals surface area (Å²) in [4.78, 5) is 0. The highest BCUT2D eigenvalue weighted by Gasteiger charge is 2.10. The zero-order valence-corrected chi connectivity index (χ0v) is 8.87. The van der Waals surface area contributed by atoms with E-state index in [0.29, 0.717) is 4.47 Å². The second-order valence-corrected chi connectivity index (χ2v) is 3.80. The van der Waals surface area contributed by atoms with Crippen molar-refractivity contribution >= 4 is 15.9 Å². The summed E-state index contributed by atoms with van der Waals surface area (Å²) in [5.74, 6) is 0.186. The zero-order valence-electron chi connectivity index (χ0n) is 7.29. The van der Waals surface area contributed by atoms with Gasteiger partial charge in [-0.2, -0.15) is 0 Å². The van der Waals surface area contributed by atoms with E-state index in [9.17, 15) is 5.11 Å². The molecule has 1 aromatic carbocycles. The van der Waals surface area contributed by atoms with E-state index in [2.05, 4.69) is 15.9 Å². The van der Waals surface area contributed by atoms with Crippen LogP contribution in [0.25, 0.3) is 0 Å². The molecule has 0 spiro atoms. The molecule has 0 heterocycles. The van der Waals surface area contributed by atoms with Gasteiger partial charge >= 0.3 is 0 Å². The number of aryl methyl sites for hydroxylation is 1. The highest BCUT2D eigenvalue weighted by atomic mass is 79.9. The summed E-state index contributed by atoms with van der Waals surface area (Å²) in [5.41, 5.74) is 7.38. The van der Waals surface area contributed by atoms with E-state index in [1.807, 2.05) is 6.92 Å². The Balaban J connectivity index is 3.15. The standard InChI is InChI=1S/C9H12BrNO2/c1-5-2-9(13)7(10)3-6(5)8(11)4-12/h2-3,8,12-13H,4,11H2,1H3. The molecule has 0 bridgehead atoms. The predicted molar refractivity (Wildman–Crippen MR) is 54.6 cm³/mol. The summed E-state index contributed by atoms with van der Waals surface area (Å²) < 4.78 is 0.594. The summed E-state index contributed by atoms with van der Waals surface area (Å²) in [6.45, 7) is 1.75. The van der Waals surface area contributed by atoms with Gasteiger partial charge in [0, 0.05) is 0 Å². The van der Waals surface area contributed by atoms with Crippen molar-refractivity contribution < 1.29 is 10.2 Å². The van der Waals surface area contributed by atoms with Gasteiger partial charge in [-0.3, -0.25) is 0 Å². The van der Waals surface area contributed by atoms with E-state index in [1.54, 1.807) is 12.1 Å². The molecular weight excluding hydrogens is 234 g/mol. The number of aliphatic hydroxyl groups is 1. The van der Waals surface area contributed by atoms with E-state index >= 15 is 0 Å². The van der Waals surface area contributed by atoms with Gasteiger partial charge in [0.05, 0.1) is 17.1 Å². The van der Waals surface area contributed by atoms with Crippen LogP contribution in [-0.2, 0) is 0 Å². The molecule has 4 N–H and O–H groups in total. The Morgan fingerprint density at radius 3 is 2.69 bits per heavy atom. The monoisotopic (exact) mass is 245 g/mol. The minimum atomic E-state index is -0.392. The number of nitrogens with two attached hydrogens (primary N) is 1. The molecule has 0 fully saturated rings. The van der Waals surface area contributed by atoms with Crippen molar-refractivity contribution in [2.75, 3.05) is 6.61 Å². The predicted octanol–water partition coefficient (Wildman–Crippen LogP) is 1.46.